The van der Waals surface area contributed by atoms with E-state index < -0.39 is 0 Å². The molecule has 2 nitrogen and oxygen atoms in total. The van der Waals surface area contributed by atoms with Gasteiger partial charge in [-0.3, -0.25) is 4.90 Å². The fraction of sp³-hybridized carbons (Fsp3) is 0.538. The first kappa shape index (κ1) is 15.2. The average Bonchev–Trinajstić information content (AvgIpc) is 3.07. The SMILES string of the molecule is CN(Cc1ccc(I)cc1)C(CN)C1CC1.Cl. The molecule has 0 heterocycles. The summed E-state index contributed by atoms with van der Waals surface area (Å²) < 4.78 is 1.29. The third-order valence-electron chi connectivity index (χ3n) is 3.32. The van der Waals surface area contributed by atoms with Crippen molar-refractivity contribution < 1.29 is 0 Å². The van der Waals surface area contributed by atoms with E-state index in [4.69, 9.17) is 5.73 Å². The molecule has 0 aliphatic heterocycles. The lowest BCUT2D eigenvalue weighted by molar-refractivity contribution is 0.215. The van der Waals surface area contributed by atoms with Gasteiger partial charge in [0.25, 0.3) is 0 Å². The summed E-state index contributed by atoms with van der Waals surface area (Å²) in [5, 5.41) is 0. The van der Waals surface area contributed by atoms with Crippen molar-refractivity contribution in [2.45, 2.75) is 25.4 Å². The number of halogens is 2. The number of benzene rings is 1. The van der Waals surface area contributed by atoms with Crippen molar-refractivity contribution in [3.63, 3.8) is 0 Å². The van der Waals surface area contributed by atoms with Crippen LogP contribution in [-0.4, -0.2) is 24.5 Å². The van der Waals surface area contributed by atoms with Crippen LogP contribution in [0.2, 0.25) is 0 Å². The molecule has 1 aromatic carbocycles. The molecule has 0 spiro atoms. The second-order valence-electron chi connectivity index (χ2n) is 4.68. The summed E-state index contributed by atoms with van der Waals surface area (Å²) in [4.78, 5) is 2.40. The van der Waals surface area contributed by atoms with Crippen molar-refractivity contribution in [1.82, 2.24) is 4.90 Å². The Kier molecular flexibility index (Phi) is 6.20. The molecule has 0 amide bonds. The highest BCUT2D eigenvalue weighted by molar-refractivity contribution is 14.1. The summed E-state index contributed by atoms with van der Waals surface area (Å²) in [5.74, 6) is 0.846. The Morgan fingerprint density at radius 3 is 2.41 bits per heavy atom. The van der Waals surface area contributed by atoms with Gasteiger partial charge in [0.15, 0.2) is 0 Å². The van der Waals surface area contributed by atoms with Gasteiger partial charge in [-0.2, -0.15) is 0 Å². The number of nitrogens with two attached hydrogens (primary N) is 1. The van der Waals surface area contributed by atoms with Gasteiger partial charge < -0.3 is 5.73 Å². The van der Waals surface area contributed by atoms with Gasteiger partial charge in [-0.15, -0.1) is 12.4 Å². The van der Waals surface area contributed by atoms with Gasteiger partial charge in [0.05, 0.1) is 0 Å². The third kappa shape index (κ3) is 4.39. The fourth-order valence-corrected chi connectivity index (χ4v) is 2.57. The summed E-state index contributed by atoms with van der Waals surface area (Å²) in [5.41, 5.74) is 7.23. The Labute approximate surface area is 123 Å². The molecule has 1 unspecified atom stereocenters. The number of hydrogen-bond acceptors (Lipinski definition) is 2. The standard InChI is InChI=1S/C13H19IN2.ClH/c1-16(13(8-15)11-4-5-11)9-10-2-6-12(14)7-3-10;/h2-3,6-7,11,13H,4-5,8-9,15H2,1H3;1H. The first-order chi connectivity index (χ1) is 7.70. The zero-order valence-corrected chi connectivity index (χ0v) is 13.1. The molecule has 1 aliphatic carbocycles. The zero-order chi connectivity index (χ0) is 11.5. The maximum atomic E-state index is 5.85. The van der Waals surface area contributed by atoms with Gasteiger partial charge in [0.1, 0.15) is 0 Å². The monoisotopic (exact) mass is 366 g/mol. The molecule has 1 saturated carbocycles. The minimum atomic E-state index is 0. The van der Waals surface area contributed by atoms with E-state index in [9.17, 15) is 0 Å². The molecule has 2 rings (SSSR count). The molecule has 0 aromatic heterocycles. The lowest BCUT2D eigenvalue weighted by Gasteiger charge is -2.27. The van der Waals surface area contributed by atoms with Crippen molar-refractivity contribution in [3.05, 3.63) is 33.4 Å². The molecule has 2 N–H and O–H groups in total. The minimum Gasteiger partial charge on any atom is -0.329 e. The van der Waals surface area contributed by atoms with Crippen LogP contribution in [0.25, 0.3) is 0 Å². The van der Waals surface area contributed by atoms with E-state index in [1.165, 1.54) is 22.0 Å². The van der Waals surface area contributed by atoms with Crippen LogP contribution in [-0.2, 0) is 6.54 Å². The number of rotatable bonds is 5. The van der Waals surface area contributed by atoms with Crippen molar-refractivity contribution in [3.8, 4) is 0 Å². The van der Waals surface area contributed by atoms with Gasteiger partial charge in [0, 0.05) is 22.7 Å². The average molecular weight is 367 g/mol. The van der Waals surface area contributed by atoms with Gasteiger partial charge in [-0.05, 0) is 66.1 Å². The molecule has 1 aromatic rings. The molecular weight excluding hydrogens is 347 g/mol. The minimum absolute atomic E-state index is 0. The Balaban J connectivity index is 0.00000144. The summed E-state index contributed by atoms with van der Waals surface area (Å²) >= 11 is 2.34. The Hall–Kier alpha value is 0.160. The highest BCUT2D eigenvalue weighted by Crippen LogP contribution is 2.34. The van der Waals surface area contributed by atoms with Crippen LogP contribution in [0.4, 0.5) is 0 Å². The molecule has 1 fully saturated rings. The van der Waals surface area contributed by atoms with E-state index in [0.29, 0.717) is 6.04 Å². The van der Waals surface area contributed by atoms with Crippen molar-refractivity contribution in [2.75, 3.05) is 13.6 Å². The predicted octanol–water partition coefficient (Wildman–Crippen LogP) is 2.88. The van der Waals surface area contributed by atoms with Crippen molar-refractivity contribution >= 4 is 35.0 Å². The molecule has 96 valence electrons. The second-order valence-corrected chi connectivity index (χ2v) is 5.93. The van der Waals surface area contributed by atoms with E-state index in [1.54, 1.807) is 0 Å². The van der Waals surface area contributed by atoms with E-state index in [2.05, 4.69) is 58.8 Å². The van der Waals surface area contributed by atoms with Crippen LogP contribution < -0.4 is 5.73 Å². The summed E-state index contributed by atoms with van der Waals surface area (Å²) in [7, 11) is 2.19. The highest BCUT2D eigenvalue weighted by atomic mass is 127. The summed E-state index contributed by atoms with van der Waals surface area (Å²) in [6.45, 7) is 1.79. The number of hydrogen-bond donors (Lipinski definition) is 1. The van der Waals surface area contributed by atoms with Crippen LogP contribution in [0.3, 0.4) is 0 Å². The van der Waals surface area contributed by atoms with Crippen LogP contribution in [0, 0.1) is 9.49 Å². The van der Waals surface area contributed by atoms with Crippen LogP contribution in [0.5, 0.6) is 0 Å². The smallest absolute Gasteiger partial charge is 0.0247 e. The largest absolute Gasteiger partial charge is 0.329 e. The van der Waals surface area contributed by atoms with E-state index in [-0.39, 0.29) is 12.4 Å². The van der Waals surface area contributed by atoms with E-state index >= 15 is 0 Å². The Bertz CT molecular complexity index is 338. The molecular formula is C13H20ClIN2. The molecule has 17 heavy (non-hydrogen) atoms. The molecule has 1 aliphatic rings. The Morgan fingerprint density at radius 2 is 1.94 bits per heavy atom. The first-order valence-corrected chi connectivity index (χ1v) is 6.93. The molecule has 0 radical (unpaired) electrons. The second kappa shape index (κ2) is 6.92. The van der Waals surface area contributed by atoms with Gasteiger partial charge in [-0.25, -0.2) is 0 Å². The lowest BCUT2D eigenvalue weighted by atomic mass is 10.1. The van der Waals surface area contributed by atoms with Crippen molar-refractivity contribution in [1.29, 1.82) is 0 Å². The maximum absolute atomic E-state index is 5.85. The van der Waals surface area contributed by atoms with Crippen LogP contribution in [0.1, 0.15) is 18.4 Å². The quantitative estimate of drug-likeness (QED) is 0.812. The molecule has 1 atom stereocenters. The van der Waals surface area contributed by atoms with Crippen molar-refractivity contribution in [2.24, 2.45) is 11.7 Å². The molecule has 4 heteroatoms. The van der Waals surface area contributed by atoms with Gasteiger partial charge in [0.2, 0.25) is 0 Å². The summed E-state index contributed by atoms with van der Waals surface area (Å²) in [6.07, 6.45) is 2.72. The zero-order valence-electron chi connectivity index (χ0n) is 10.1. The van der Waals surface area contributed by atoms with Crippen LogP contribution >= 0.6 is 35.0 Å². The maximum Gasteiger partial charge on any atom is 0.0247 e. The highest BCUT2D eigenvalue weighted by Gasteiger charge is 2.32. The molecule has 0 saturated heterocycles. The summed E-state index contributed by atoms with van der Waals surface area (Å²) in [6, 6.07) is 9.31. The van der Waals surface area contributed by atoms with Gasteiger partial charge >= 0.3 is 0 Å². The van der Waals surface area contributed by atoms with Gasteiger partial charge in [-0.1, -0.05) is 12.1 Å². The normalized spacial score (nSPS) is 16.7. The number of likely N-dealkylation sites (N-methyl/N-ethyl adjacent to an activating group) is 1. The first-order valence-electron chi connectivity index (χ1n) is 5.85. The fourth-order valence-electron chi connectivity index (χ4n) is 2.21. The third-order valence-corrected chi connectivity index (χ3v) is 4.04. The van der Waals surface area contributed by atoms with E-state index in [0.717, 1.165) is 19.0 Å². The lowest BCUT2D eigenvalue weighted by Crippen LogP contribution is -2.39. The number of nitrogens with zero attached hydrogens (tertiary/aromatic N) is 1. The topological polar surface area (TPSA) is 29.3 Å². The van der Waals surface area contributed by atoms with Crippen LogP contribution in [0.15, 0.2) is 24.3 Å². The predicted molar refractivity (Wildman–Crippen MR) is 83.4 cm³/mol. The Morgan fingerprint density at radius 1 is 1.35 bits per heavy atom. The van der Waals surface area contributed by atoms with E-state index in [1.807, 2.05) is 0 Å². The molecule has 0 bridgehead atoms.